The Morgan fingerprint density at radius 3 is 2.70 bits per heavy atom. The molecular weight excluding hydrogens is 451 g/mol. The van der Waals surface area contributed by atoms with Crippen molar-refractivity contribution in [1.29, 1.82) is 0 Å². The highest BCUT2D eigenvalue weighted by molar-refractivity contribution is 6.32. The van der Waals surface area contributed by atoms with E-state index in [0.717, 1.165) is 0 Å². The lowest BCUT2D eigenvalue weighted by Gasteiger charge is -2.12. The van der Waals surface area contributed by atoms with Crippen LogP contribution in [0.1, 0.15) is 39.2 Å². The number of benzene rings is 2. The summed E-state index contributed by atoms with van der Waals surface area (Å²) >= 11 is 6.31. The Labute approximate surface area is 196 Å². The monoisotopic (exact) mass is 476 g/mol. The van der Waals surface area contributed by atoms with Crippen molar-refractivity contribution in [3.8, 4) is 34.3 Å². The van der Waals surface area contributed by atoms with Crippen LogP contribution in [0, 0.1) is 5.82 Å². The van der Waals surface area contributed by atoms with Crippen molar-refractivity contribution >= 4 is 17.6 Å². The SMILES string of the molecule is CCOC(=O)CCCc1cc(F)cc(-c2noc(-c3ccc(OC(C)C)c(Cl)c3)n2)c1OC. The van der Waals surface area contributed by atoms with Crippen LogP contribution in [0.15, 0.2) is 34.9 Å². The van der Waals surface area contributed by atoms with E-state index in [9.17, 15) is 9.18 Å². The van der Waals surface area contributed by atoms with E-state index in [0.29, 0.717) is 52.7 Å². The second-order valence-electron chi connectivity index (χ2n) is 7.54. The largest absolute Gasteiger partial charge is 0.496 e. The van der Waals surface area contributed by atoms with Gasteiger partial charge in [0, 0.05) is 12.0 Å². The molecule has 0 radical (unpaired) electrons. The van der Waals surface area contributed by atoms with Gasteiger partial charge in [-0.1, -0.05) is 16.8 Å². The van der Waals surface area contributed by atoms with Crippen LogP contribution in [0.5, 0.6) is 11.5 Å². The molecule has 0 amide bonds. The van der Waals surface area contributed by atoms with Crippen molar-refractivity contribution in [2.75, 3.05) is 13.7 Å². The van der Waals surface area contributed by atoms with E-state index in [1.807, 2.05) is 13.8 Å². The number of carbonyl (C=O) groups excluding carboxylic acids is 1. The van der Waals surface area contributed by atoms with Crippen molar-refractivity contribution < 1.29 is 27.9 Å². The number of aryl methyl sites for hydroxylation is 1. The summed E-state index contributed by atoms with van der Waals surface area (Å²) in [6.07, 6.45) is 1.12. The van der Waals surface area contributed by atoms with Gasteiger partial charge in [0.05, 0.1) is 30.4 Å². The lowest BCUT2D eigenvalue weighted by molar-refractivity contribution is -0.143. The van der Waals surface area contributed by atoms with Crippen molar-refractivity contribution in [1.82, 2.24) is 10.1 Å². The molecular formula is C24H26ClFN2O5. The highest BCUT2D eigenvalue weighted by atomic mass is 35.5. The molecule has 1 heterocycles. The van der Waals surface area contributed by atoms with Crippen LogP contribution >= 0.6 is 11.6 Å². The molecule has 0 aliphatic carbocycles. The summed E-state index contributed by atoms with van der Waals surface area (Å²) in [5.74, 6) is 0.603. The maximum Gasteiger partial charge on any atom is 0.305 e. The van der Waals surface area contributed by atoms with E-state index in [1.165, 1.54) is 19.2 Å². The molecule has 0 saturated carbocycles. The maximum absolute atomic E-state index is 14.4. The summed E-state index contributed by atoms with van der Waals surface area (Å²) in [5.41, 5.74) is 1.55. The fourth-order valence-electron chi connectivity index (χ4n) is 3.33. The molecule has 33 heavy (non-hydrogen) atoms. The fraction of sp³-hybridized carbons (Fsp3) is 0.375. The van der Waals surface area contributed by atoms with Gasteiger partial charge in [-0.15, -0.1) is 0 Å². The van der Waals surface area contributed by atoms with Gasteiger partial charge in [-0.2, -0.15) is 4.98 Å². The van der Waals surface area contributed by atoms with Crippen LogP contribution in [0.3, 0.4) is 0 Å². The zero-order valence-corrected chi connectivity index (χ0v) is 19.7. The van der Waals surface area contributed by atoms with Crippen LogP contribution in [-0.4, -0.2) is 35.9 Å². The van der Waals surface area contributed by atoms with E-state index in [4.69, 9.17) is 30.3 Å². The van der Waals surface area contributed by atoms with Gasteiger partial charge < -0.3 is 18.7 Å². The van der Waals surface area contributed by atoms with Gasteiger partial charge in [0.15, 0.2) is 0 Å². The fourth-order valence-corrected chi connectivity index (χ4v) is 3.56. The lowest BCUT2D eigenvalue weighted by atomic mass is 10.0. The Morgan fingerprint density at radius 2 is 2.03 bits per heavy atom. The van der Waals surface area contributed by atoms with Crippen LogP contribution in [0.25, 0.3) is 22.8 Å². The Morgan fingerprint density at radius 1 is 1.24 bits per heavy atom. The van der Waals surface area contributed by atoms with E-state index in [2.05, 4.69) is 10.1 Å². The van der Waals surface area contributed by atoms with E-state index >= 15 is 0 Å². The minimum atomic E-state index is -0.471. The third-order valence-corrected chi connectivity index (χ3v) is 4.97. The molecule has 0 aliphatic rings. The van der Waals surface area contributed by atoms with Gasteiger partial charge in [-0.3, -0.25) is 4.79 Å². The topological polar surface area (TPSA) is 83.7 Å². The quantitative estimate of drug-likeness (QED) is 0.338. The van der Waals surface area contributed by atoms with Gasteiger partial charge in [0.25, 0.3) is 5.89 Å². The normalized spacial score (nSPS) is 11.0. The van der Waals surface area contributed by atoms with Gasteiger partial charge in [-0.05, 0) is 69.5 Å². The summed E-state index contributed by atoms with van der Waals surface area (Å²) in [6.45, 7) is 5.89. The number of methoxy groups -OCH3 is 1. The van der Waals surface area contributed by atoms with E-state index in [-0.39, 0.29) is 30.2 Å². The number of rotatable bonds is 10. The van der Waals surface area contributed by atoms with Crippen LogP contribution < -0.4 is 9.47 Å². The van der Waals surface area contributed by atoms with Crippen LogP contribution in [-0.2, 0) is 16.0 Å². The number of hydrogen-bond donors (Lipinski definition) is 0. The first-order valence-corrected chi connectivity index (χ1v) is 11.0. The molecule has 0 bridgehead atoms. The van der Waals surface area contributed by atoms with Crippen molar-refractivity contribution in [3.05, 3.63) is 46.7 Å². The number of ether oxygens (including phenoxy) is 3. The summed E-state index contributed by atoms with van der Waals surface area (Å²) in [7, 11) is 1.49. The number of nitrogens with zero attached hydrogens (tertiary/aromatic N) is 2. The molecule has 0 spiro atoms. The summed E-state index contributed by atoms with van der Waals surface area (Å²) < 4.78 is 35.9. The molecule has 0 atom stereocenters. The molecule has 3 rings (SSSR count). The number of carbonyl (C=O) groups is 1. The molecule has 1 aromatic heterocycles. The van der Waals surface area contributed by atoms with Gasteiger partial charge in [-0.25, -0.2) is 4.39 Å². The second kappa shape index (κ2) is 11.1. The number of halogens is 2. The first kappa shape index (κ1) is 24.5. The summed E-state index contributed by atoms with van der Waals surface area (Å²) in [4.78, 5) is 16.0. The van der Waals surface area contributed by atoms with Crippen LogP contribution in [0.2, 0.25) is 5.02 Å². The van der Waals surface area contributed by atoms with Crippen molar-refractivity contribution in [3.63, 3.8) is 0 Å². The molecule has 0 fully saturated rings. The smallest absolute Gasteiger partial charge is 0.305 e. The molecule has 0 unspecified atom stereocenters. The average molecular weight is 477 g/mol. The van der Waals surface area contributed by atoms with Gasteiger partial charge >= 0.3 is 5.97 Å². The van der Waals surface area contributed by atoms with E-state index < -0.39 is 5.82 Å². The Kier molecular flexibility index (Phi) is 8.27. The standard InChI is InChI=1S/C24H26ClFN2O5/c1-5-31-21(29)8-6-7-15-11-17(26)13-18(22(15)30-4)23-27-24(33-28-23)16-9-10-20(19(25)12-16)32-14(2)3/h9-14H,5-8H2,1-4H3. The lowest BCUT2D eigenvalue weighted by Crippen LogP contribution is -2.05. The molecule has 3 aromatic rings. The first-order valence-electron chi connectivity index (χ1n) is 10.6. The number of aromatic nitrogens is 2. The highest BCUT2D eigenvalue weighted by Crippen LogP contribution is 2.36. The Hall–Kier alpha value is -3.13. The van der Waals surface area contributed by atoms with E-state index in [1.54, 1.807) is 25.1 Å². The Balaban J connectivity index is 1.86. The first-order chi connectivity index (χ1) is 15.8. The third kappa shape index (κ3) is 6.22. The van der Waals surface area contributed by atoms with Crippen LogP contribution in [0.4, 0.5) is 4.39 Å². The molecule has 9 heteroatoms. The summed E-state index contributed by atoms with van der Waals surface area (Å²) in [6, 6.07) is 7.81. The molecule has 0 saturated heterocycles. The van der Waals surface area contributed by atoms with Crippen molar-refractivity contribution in [2.45, 2.75) is 46.1 Å². The van der Waals surface area contributed by atoms with Crippen molar-refractivity contribution in [2.24, 2.45) is 0 Å². The summed E-state index contributed by atoms with van der Waals surface area (Å²) in [5, 5.41) is 4.42. The third-order valence-electron chi connectivity index (χ3n) is 4.68. The Bertz CT molecular complexity index is 1120. The predicted octanol–water partition coefficient (Wildman–Crippen LogP) is 5.88. The zero-order valence-electron chi connectivity index (χ0n) is 19.0. The average Bonchev–Trinajstić information content (AvgIpc) is 3.25. The molecule has 0 N–H and O–H groups in total. The molecule has 0 aliphatic heterocycles. The number of hydrogen-bond acceptors (Lipinski definition) is 7. The molecule has 2 aromatic carbocycles. The highest BCUT2D eigenvalue weighted by Gasteiger charge is 2.20. The number of esters is 1. The molecule has 176 valence electrons. The second-order valence-corrected chi connectivity index (χ2v) is 7.95. The minimum Gasteiger partial charge on any atom is -0.496 e. The zero-order chi connectivity index (χ0) is 24.0. The minimum absolute atomic E-state index is 0.0183. The van der Waals surface area contributed by atoms with Gasteiger partial charge in [0.2, 0.25) is 5.82 Å². The maximum atomic E-state index is 14.4. The van der Waals surface area contributed by atoms with Gasteiger partial charge in [0.1, 0.15) is 17.3 Å². The molecule has 7 nitrogen and oxygen atoms in total. The predicted molar refractivity (Wildman–Crippen MR) is 122 cm³/mol.